The molecule has 1 atom stereocenters. The molecule has 1 rings (SSSR count). The maximum atomic E-state index is 11.9. The monoisotopic (exact) mass is 264 g/mol. The molecule has 0 amide bonds. The summed E-state index contributed by atoms with van der Waals surface area (Å²) in [5.41, 5.74) is 0.275. The van der Waals surface area contributed by atoms with Gasteiger partial charge in [-0.25, -0.2) is 4.79 Å². The van der Waals surface area contributed by atoms with Crippen molar-refractivity contribution in [2.24, 2.45) is 0 Å². The number of rotatable bonds is 5. The van der Waals surface area contributed by atoms with Gasteiger partial charge in [0.15, 0.2) is 17.6 Å². The standard InChI is InChI=1S/C14H16O5/c1-6-9(2)19-14(15)10-7-11(16-3)13(18-5)12(8-10)17-4/h1,7-9H,2-5H3. The van der Waals surface area contributed by atoms with E-state index in [1.165, 1.54) is 33.5 Å². The quantitative estimate of drug-likeness (QED) is 0.600. The minimum absolute atomic E-state index is 0.275. The Bertz CT molecular complexity index is 476. The molecule has 0 heterocycles. The molecule has 0 aromatic heterocycles. The number of ether oxygens (including phenoxy) is 4. The van der Waals surface area contributed by atoms with Crippen LogP contribution in [0.3, 0.4) is 0 Å². The number of terminal acetylenes is 1. The largest absolute Gasteiger partial charge is 0.493 e. The van der Waals surface area contributed by atoms with Crippen molar-refractivity contribution >= 4 is 5.97 Å². The van der Waals surface area contributed by atoms with Gasteiger partial charge in [-0.15, -0.1) is 6.42 Å². The third-order valence-electron chi connectivity index (χ3n) is 2.42. The summed E-state index contributed by atoms with van der Waals surface area (Å²) in [7, 11) is 4.42. The van der Waals surface area contributed by atoms with Crippen LogP contribution in [0.25, 0.3) is 0 Å². The van der Waals surface area contributed by atoms with Crippen molar-refractivity contribution in [3.05, 3.63) is 17.7 Å². The first-order valence-electron chi connectivity index (χ1n) is 5.54. The molecule has 1 aromatic rings. The number of carbonyl (C=O) groups excluding carboxylic acids is 1. The van der Waals surface area contributed by atoms with Gasteiger partial charge in [0.2, 0.25) is 5.75 Å². The Morgan fingerprint density at radius 3 is 2.05 bits per heavy atom. The molecule has 0 spiro atoms. The third kappa shape index (κ3) is 3.32. The summed E-state index contributed by atoms with van der Waals surface area (Å²) in [4.78, 5) is 11.9. The highest BCUT2D eigenvalue weighted by Crippen LogP contribution is 2.38. The second kappa shape index (κ2) is 6.55. The molecule has 0 radical (unpaired) electrons. The van der Waals surface area contributed by atoms with Crippen LogP contribution < -0.4 is 14.2 Å². The highest BCUT2D eigenvalue weighted by Gasteiger charge is 2.18. The fourth-order valence-electron chi connectivity index (χ4n) is 1.46. The highest BCUT2D eigenvalue weighted by molar-refractivity contribution is 5.91. The molecule has 102 valence electrons. The van der Waals surface area contributed by atoms with Gasteiger partial charge in [0.25, 0.3) is 0 Å². The third-order valence-corrected chi connectivity index (χ3v) is 2.42. The van der Waals surface area contributed by atoms with E-state index in [9.17, 15) is 4.79 Å². The van der Waals surface area contributed by atoms with Crippen LogP contribution in [0.2, 0.25) is 0 Å². The Labute approximate surface area is 112 Å². The first-order chi connectivity index (χ1) is 9.07. The number of esters is 1. The normalized spacial score (nSPS) is 11.1. The number of hydrogen-bond donors (Lipinski definition) is 0. The molecule has 0 N–H and O–H groups in total. The van der Waals surface area contributed by atoms with Gasteiger partial charge in [-0.05, 0) is 19.1 Å². The van der Waals surface area contributed by atoms with Crippen molar-refractivity contribution in [1.29, 1.82) is 0 Å². The number of benzene rings is 1. The summed E-state index contributed by atoms with van der Waals surface area (Å²) in [6.07, 6.45) is 4.55. The van der Waals surface area contributed by atoms with Crippen LogP contribution in [0.15, 0.2) is 12.1 Å². The van der Waals surface area contributed by atoms with E-state index in [2.05, 4.69) is 5.92 Å². The topological polar surface area (TPSA) is 54.0 Å². The summed E-state index contributed by atoms with van der Waals surface area (Å²) in [6, 6.07) is 3.01. The Morgan fingerprint density at radius 2 is 1.68 bits per heavy atom. The van der Waals surface area contributed by atoms with Crippen LogP contribution in [0, 0.1) is 12.3 Å². The minimum Gasteiger partial charge on any atom is -0.493 e. The average molecular weight is 264 g/mol. The molecule has 0 saturated heterocycles. The van der Waals surface area contributed by atoms with Gasteiger partial charge >= 0.3 is 5.97 Å². The molecular weight excluding hydrogens is 248 g/mol. The molecule has 5 heteroatoms. The van der Waals surface area contributed by atoms with Gasteiger partial charge in [0.1, 0.15) is 0 Å². The lowest BCUT2D eigenvalue weighted by molar-refractivity contribution is 0.0438. The zero-order valence-electron chi connectivity index (χ0n) is 11.4. The molecule has 0 bridgehead atoms. The lowest BCUT2D eigenvalue weighted by Crippen LogP contribution is -2.13. The van der Waals surface area contributed by atoms with Gasteiger partial charge in [0, 0.05) is 0 Å². The van der Waals surface area contributed by atoms with Crippen LogP contribution in [0.1, 0.15) is 17.3 Å². The van der Waals surface area contributed by atoms with Gasteiger partial charge in [-0.1, -0.05) is 5.92 Å². The molecule has 1 aromatic carbocycles. The molecular formula is C14H16O5. The molecule has 0 fully saturated rings. The second-order valence-electron chi connectivity index (χ2n) is 3.63. The van der Waals surface area contributed by atoms with Crippen LogP contribution in [-0.4, -0.2) is 33.4 Å². The molecule has 0 aliphatic rings. The van der Waals surface area contributed by atoms with Crippen LogP contribution in [-0.2, 0) is 4.74 Å². The first kappa shape index (κ1) is 14.7. The fraction of sp³-hybridized carbons (Fsp3) is 0.357. The zero-order valence-corrected chi connectivity index (χ0v) is 11.4. The van der Waals surface area contributed by atoms with E-state index in [-0.39, 0.29) is 5.56 Å². The van der Waals surface area contributed by atoms with Crippen molar-refractivity contribution in [2.75, 3.05) is 21.3 Å². The van der Waals surface area contributed by atoms with Crippen molar-refractivity contribution in [1.82, 2.24) is 0 Å². The van der Waals surface area contributed by atoms with Crippen molar-refractivity contribution in [2.45, 2.75) is 13.0 Å². The van der Waals surface area contributed by atoms with Crippen LogP contribution >= 0.6 is 0 Å². The van der Waals surface area contributed by atoms with E-state index < -0.39 is 12.1 Å². The van der Waals surface area contributed by atoms with Crippen molar-refractivity contribution in [3.8, 4) is 29.6 Å². The van der Waals surface area contributed by atoms with E-state index in [4.69, 9.17) is 25.4 Å². The van der Waals surface area contributed by atoms with Crippen molar-refractivity contribution < 1.29 is 23.7 Å². The summed E-state index contributed by atoms with van der Waals surface area (Å²) in [5, 5.41) is 0. The zero-order chi connectivity index (χ0) is 14.4. The highest BCUT2D eigenvalue weighted by atomic mass is 16.5. The molecule has 0 saturated carbocycles. The summed E-state index contributed by atoms with van der Waals surface area (Å²) < 4.78 is 20.5. The van der Waals surface area contributed by atoms with Crippen LogP contribution in [0.4, 0.5) is 0 Å². The Hall–Kier alpha value is -2.35. The fourth-order valence-corrected chi connectivity index (χ4v) is 1.46. The minimum atomic E-state index is -0.605. The summed E-state index contributed by atoms with van der Waals surface area (Å²) in [6.45, 7) is 1.61. The first-order valence-corrected chi connectivity index (χ1v) is 5.54. The lowest BCUT2D eigenvalue weighted by atomic mass is 10.2. The smallest absolute Gasteiger partial charge is 0.339 e. The van der Waals surface area contributed by atoms with Gasteiger partial charge < -0.3 is 18.9 Å². The molecule has 0 aliphatic heterocycles. The van der Waals surface area contributed by atoms with Gasteiger partial charge in [0.05, 0.1) is 26.9 Å². The van der Waals surface area contributed by atoms with Gasteiger partial charge in [-0.2, -0.15) is 0 Å². The predicted molar refractivity (Wildman–Crippen MR) is 69.8 cm³/mol. The van der Waals surface area contributed by atoms with Gasteiger partial charge in [-0.3, -0.25) is 0 Å². The average Bonchev–Trinajstić information content (AvgIpc) is 2.44. The van der Waals surface area contributed by atoms with Crippen molar-refractivity contribution in [3.63, 3.8) is 0 Å². The SMILES string of the molecule is C#CC(C)OC(=O)c1cc(OC)c(OC)c(OC)c1. The van der Waals surface area contributed by atoms with E-state index in [1.54, 1.807) is 6.92 Å². The van der Waals surface area contributed by atoms with E-state index in [0.717, 1.165) is 0 Å². The number of hydrogen-bond acceptors (Lipinski definition) is 5. The van der Waals surface area contributed by atoms with E-state index in [1.807, 2.05) is 0 Å². The number of methoxy groups -OCH3 is 3. The van der Waals surface area contributed by atoms with E-state index >= 15 is 0 Å². The second-order valence-corrected chi connectivity index (χ2v) is 3.63. The lowest BCUT2D eigenvalue weighted by Gasteiger charge is -2.14. The van der Waals surface area contributed by atoms with Crippen LogP contribution in [0.5, 0.6) is 17.2 Å². The molecule has 5 nitrogen and oxygen atoms in total. The Morgan fingerprint density at radius 1 is 1.16 bits per heavy atom. The number of carbonyl (C=O) groups is 1. The maximum Gasteiger partial charge on any atom is 0.339 e. The maximum absolute atomic E-state index is 11.9. The van der Waals surface area contributed by atoms with E-state index in [0.29, 0.717) is 17.2 Å². The predicted octanol–water partition coefficient (Wildman–Crippen LogP) is 1.89. The summed E-state index contributed by atoms with van der Waals surface area (Å²) >= 11 is 0. The summed E-state index contributed by atoms with van der Waals surface area (Å²) in [5.74, 6) is 2.93. The molecule has 19 heavy (non-hydrogen) atoms. The Balaban J connectivity index is 3.16. The Kier molecular flexibility index (Phi) is 5.07. The molecule has 1 unspecified atom stereocenters. The molecule has 0 aliphatic carbocycles.